The van der Waals surface area contributed by atoms with E-state index in [4.69, 9.17) is 0 Å². The van der Waals surface area contributed by atoms with Crippen LogP contribution in [0.4, 0.5) is 13.2 Å². The number of carbonyl (C=O) groups is 1. The first-order chi connectivity index (χ1) is 12.2. The number of amides is 1. The van der Waals surface area contributed by atoms with E-state index in [2.05, 4.69) is 10.1 Å². The molecule has 0 aromatic heterocycles. The second-order valence-corrected chi connectivity index (χ2v) is 7.89. The van der Waals surface area contributed by atoms with E-state index < -0.39 is 22.8 Å². The number of hydrogen-bond acceptors (Lipinski definition) is 4. The first-order valence-corrected chi connectivity index (χ1v) is 9.61. The molecule has 1 N–H and O–H groups in total. The van der Waals surface area contributed by atoms with Crippen LogP contribution in [0.15, 0.2) is 35.2 Å². The number of hydrogen-bond donors (Lipinski definition) is 1. The summed E-state index contributed by atoms with van der Waals surface area (Å²) >= 11 is 0. The SMILES string of the molecule is O=C(NCCOCC(F)(F)F)C1CCN(S(=O)(=O)c2ccccc2)CC1. The minimum absolute atomic E-state index is 0.0164. The van der Waals surface area contributed by atoms with Gasteiger partial charge in [-0.1, -0.05) is 18.2 Å². The van der Waals surface area contributed by atoms with E-state index in [1.165, 1.54) is 16.4 Å². The number of alkyl halides is 3. The van der Waals surface area contributed by atoms with E-state index in [9.17, 15) is 26.4 Å². The van der Waals surface area contributed by atoms with Gasteiger partial charge in [0.2, 0.25) is 15.9 Å². The topological polar surface area (TPSA) is 75.7 Å². The Bertz CT molecular complexity index is 687. The molecule has 6 nitrogen and oxygen atoms in total. The Hall–Kier alpha value is -1.65. The summed E-state index contributed by atoms with van der Waals surface area (Å²) in [4.78, 5) is 12.2. The van der Waals surface area contributed by atoms with Crippen LogP contribution in [0.3, 0.4) is 0 Å². The fourth-order valence-corrected chi connectivity index (χ4v) is 4.17. The molecule has 0 unspecified atom stereocenters. The summed E-state index contributed by atoms with van der Waals surface area (Å²) < 4.78 is 66.5. The van der Waals surface area contributed by atoms with E-state index in [-0.39, 0.29) is 43.0 Å². The second-order valence-electron chi connectivity index (χ2n) is 5.95. The average Bonchev–Trinajstić information content (AvgIpc) is 2.61. The number of piperidine rings is 1. The third-order valence-electron chi connectivity index (χ3n) is 4.02. The molecule has 146 valence electrons. The van der Waals surface area contributed by atoms with Crippen molar-refractivity contribution in [1.82, 2.24) is 9.62 Å². The molecule has 1 aromatic rings. The highest BCUT2D eigenvalue weighted by Crippen LogP contribution is 2.23. The molecule has 0 radical (unpaired) electrons. The molecule has 1 aliphatic rings. The van der Waals surface area contributed by atoms with Crippen LogP contribution >= 0.6 is 0 Å². The van der Waals surface area contributed by atoms with Gasteiger partial charge >= 0.3 is 6.18 Å². The van der Waals surface area contributed by atoms with E-state index in [0.29, 0.717) is 12.8 Å². The van der Waals surface area contributed by atoms with Crippen LogP contribution in [-0.4, -0.2) is 57.7 Å². The monoisotopic (exact) mass is 394 g/mol. The predicted molar refractivity (Wildman–Crippen MR) is 87.8 cm³/mol. The summed E-state index contributed by atoms with van der Waals surface area (Å²) in [6.45, 7) is -1.15. The van der Waals surface area contributed by atoms with Crippen molar-refractivity contribution in [2.24, 2.45) is 5.92 Å². The number of benzene rings is 1. The molecule has 26 heavy (non-hydrogen) atoms. The zero-order valence-electron chi connectivity index (χ0n) is 14.0. The van der Waals surface area contributed by atoms with E-state index >= 15 is 0 Å². The van der Waals surface area contributed by atoms with Gasteiger partial charge in [-0.05, 0) is 25.0 Å². The quantitative estimate of drug-likeness (QED) is 0.716. The van der Waals surface area contributed by atoms with E-state index in [1.807, 2.05) is 0 Å². The largest absolute Gasteiger partial charge is 0.411 e. The Kier molecular flexibility index (Phi) is 7.01. The summed E-state index contributed by atoms with van der Waals surface area (Å²) in [5.41, 5.74) is 0. The molecule has 0 aliphatic carbocycles. The van der Waals surface area contributed by atoms with Crippen molar-refractivity contribution in [2.45, 2.75) is 23.9 Å². The van der Waals surface area contributed by atoms with Crippen LogP contribution in [0, 0.1) is 5.92 Å². The van der Waals surface area contributed by atoms with Crippen molar-refractivity contribution in [3.63, 3.8) is 0 Å². The van der Waals surface area contributed by atoms with Gasteiger partial charge in [-0.2, -0.15) is 17.5 Å². The van der Waals surface area contributed by atoms with Gasteiger partial charge in [0.15, 0.2) is 0 Å². The molecule has 10 heteroatoms. The maximum Gasteiger partial charge on any atom is 0.411 e. The number of rotatable bonds is 7. The lowest BCUT2D eigenvalue weighted by molar-refractivity contribution is -0.173. The van der Waals surface area contributed by atoms with Crippen LogP contribution < -0.4 is 5.32 Å². The third-order valence-corrected chi connectivity index (χ3v) is 5.93. The first kappa shape index (κ1) is 20.7. The zero-order valence-corrected chi connectivity index (χ0v) is 14.9. The predicted octanol–water partition coefficient (Wildman–Crippen LogP) is 1.78. The van der Waals surface area contributed by atoms with Gasteiger partial charge in [0.05, 0.1) is 11.5 Å². The molecule has 0 atom stereocenters. The third kappa shape index (κ3) is 5.96. The van der Waals surface area contributed by atoms with E-state index in [1.54, 1.807) is 18.2 Å². The number of nitrogens with one attached hydrogen (secondary N) is 1. The molecule has 1 heterocycles. The van der Waals surface area contributed by atoms with Crippen LogP contribution in [0.2, 0.25) is 0 Å². The van der Waals surface area contributed by atoms with Gasteiger partial charge in [-0.3, -0.25) is 4.79 Å². The highest BCUT2D eigenvalue weighted by molar-refractivity contribution is 7.89. The molecule has 0 saturated carbocycles. The number of sulfonamides is 1. The number of carbonyl (C=O) groups excluding carboxylic acids is 1. The summed E-state index contributed by atoms with van der Waals surface area (Å²) in [6, 6.07) is 8.07. The van der Waals surface area contributed by atoms with Gasteiger partial charge in [0.1, 0.15) is 6.61 Å². The molecule has 1 aromatic carbocycles. The molecule has 1 fully saturated rings. The molecule has 0 bridgehead atoms. The van der Waals surface area contributed by atoms with Crippen molar-refractivity contribution < 1.29 is 31.1 Å². The standard InChI is InChI=1S/C16H21F3N2O4S/c17-16(18,19)12-25-11-8-20-15(22)13-6-9-21(10-7-13)26(23,24)14-4-2-1-3-5-14/h1-5,13H,6-12H2,(H,20,22). The Morgan fingerprint density at radius 3 is 2.38 bits per heavy atom. The fraction of sp³-hybridized carbons (Fsp3) is 0.562. The first-order valence-electron chi connectivity index (χ1n) is 8.17. The number of halogens is 3. The average molecular weight is 394 g/mol. The molecule has 1 saturated heterocycles. The smallest absolute Gasteiger partial charge is 0.370 e. The minimum Gasteiger partial charge on any atom is -0.370 e. The van der Waals surface area contributed by atoms with Crippen LogP contribution in [0.5, 0.6) is 0 Å². The van der Waals surface area contributed by atoms with Gasteiger partial charge in [-0.25, -0.2) is 8.42 Å². The van der Waals surface area contributed by atoms with Gasteiger partial charge in [0.25, 0.3) is 0 Å². The summed E-state index contributed by atoms with van der Waals surface area (Å²) in [5.74, 6) is -0.655. The Balaban J connectivity index is 1.75. The van der Waals surface area contributed by atoms with Crippen molar-refractivity contribution in [2.75, 3.05) is 32.8 Å². The minimum atomic E-state index is -4.39. The Morgan fingerprint density at radius 1 is 1.19 bits per heavy atom. The lowest BCUT2D eigenvalue weighted by Crippen LogP contribution is -2.43. The lowest BCUT2D eigenvalue weighted by Gasteiger charge is -2.30. The molecular formula is C16H21F3N2O4S. The maximum absolute atomic E-state index is 12.5. The molecule has 1 amide bonds. The molecule has 2 rings (SSSR count). The molecular weight excluding hydrogens is 373 g/mol. The van der Waals surface area contributed by atoms with Gasteiger partial charge in [-0.15, -0.1) is 0 Å². The van der Waals surface area contributed by atoms with Gasteiger partial charge in [0, 0.05) is 25.6 Å². The second kappa shape index (κ2) is 8.83. The summed E-state index contributed by atoms with van der Waals surface area (Å²) in [7, 11) is -3.57. The van der Waals surface area contributed by atoms with Crippen LogP contribution in [0.25, 0.3) is 0 Å². The van der Waals surface area contributed by atoms with Crippen LogP contribution in [0.1, 0.15) is 12.8 Å². The Morgan fingerprint density at radius 2 is 1.81 bits per heavy atom. The summed E-state index contributed by atoms with van der Waals surface area (Å²) in [6.07, 6.45) is -3.66. The van der Waals surface area contributed by atoms with Gasteiger partial charge < -0.3 is 10.1 Å². The number of nitrogens with zero attached hydrogens (tertiary/aromatic N) is 1. The zero-order chi connectivity index (χ0) is 19.2. The highest BCUT2D eigenvalue weighted by atomic mass is 32.2. The van der Waals surface area contributed by atoms with Crippen molar-refractivity contribution >= 4 is 15.9 Å². The van der Waals surface area contributed by atoms with Crippen molar-refractivity contribution in [3.8, 4) is 0 Å². The maximum atomic E-state index is 12.5. The van der Waals surface area contributed by atoms with E-state index in [0.717, 1.165) is 0 Å². The fourth-order valence-electron chi connectivity index (χ4n) is 2.68. The molecule has 0 spiro atoms. The van der Waals surface area contributed by atoms with Crippen LogP contribution in [-0.2, 0) is 19.6 Å². The highest BCUT2D eigenvalue weighted by Gasteiger charge is 2.32. The normalized spacial score (nSPS) is 17.2. The summed E-state index contributed by atoms with van der Waals surface area (Å²) in [5, 5.41) is 2.52. The molecule has 1 aliphatic heterocycles. The number of ether oxygens (including phenoxy) is 1. The van der Waals surface area contributed by atoms with Crippen molar-refractivity contribution in [1.29, 1.82) is 0 Å². The van der Waals surface area contributed by atoms with Crippen molar-refractivity contribution in [3.05, 3.63) is 30.3 Å². The Labute approximate surface area is 150 Å². The lowest BCUT2D eigenvalue weighted by atomic mass is 9.97.